The molecule has 1 N–H and O–H groups in total. The highest BCUT2D eigenvalue weighted by Gasteiger charge is 2.49. The molecule has 0 amide bonds. The minimum atomic E-state index is -0.197. The van der Waals surface area contributed by atoms with E-state index >= 15 is 0 Å². The van der Waals surface area contributed by atoms with Crippen LogP contribution in [0.5, 0.6) is 0 Å². The molecule has 0 heterocycles. The molecule has 4 heteroatoms. The van der Waals surface area contributed by atoms with E-state index < -0.39 is 0 Å². The highest BCUT2D eigenvalue weighted by Crippen LogP contribution is 2.49. The summed E-state index contributed by atoms with van der Waals surface area (Å²) in [6.45, 7) is 6.47. The van der Waals surface area contributed by atoms with Crippen molar-refractivity contribution in [2.45, 2.75) is 64.3 Å². The molecule has 124 valence electrons. The third-order valence-electron chi connectivity index (χ3n) is 5.13. The van der Waals surface area contributed by atoms with Crippen molar-refractivity contribution < 1.29 is 4.39 Å². The quantitative estimate of drug-likeness (QED) is 0.470. The molecule has 0 radical (unpaired) electrons. The predicted octanol–water partition coefficient (Wildman–Crippen LogP) is 4.43. The molecule has 0 aromatic heterocycles. The fraction of sp³-hybridized carbons (Fsp3) is 0.579. The van der Waals surface area contributed by atoms with Crippen LogP contribution < -0.4 is 5.43 Å². The van der Waals surface area contributed by atoms with Gasteiger partial charge in [-0.25, -0.2) is 4.39 Å². The van der Waals surface area contributed by atoms with Gasteiger partial charge in [-0.3, -0.25) is 10.4 Å². The Morgan fingerprint density at radius 2 is 1.91 bits per heavy atom. The maximum absolute atomic E-state index is 13.2. The lowest BCUT2D eigenvalue weighted by Gasteiger charge is -2.20. The summed E-state index contributed by atoms with van der Waals surface area (Å²) in [4.78, 5) is 4.87. The molecule has 2 aliphatic rings. The van der Waals surface area contributed by atoms with Crippen molar-refractivity contribution in [2.75, 3.05) is 0 Å². The summed E-state index contributed by atoms with van der Waals surface area (Å²) < 4.78 is 13.2. The summed E-state index contributed by atoms with van der Waals surface area (Å²) in [7, 11) is 0. The van der Waals surface area contributed by atoms with Gasteiger partial charge in [0.1, 0.15) is 11.7 Å². The van der Waals surface area contributed by atoms with Gasteiger partial charge >= 0.3 is 0 Å². The van der Waals surface area contributed by atoms with Gasteiger partial charge in [0.2, 0.25) is 0 Å². The van der Waals surface area contributed by atoms with Crippen LogP contribution in [0.25, 0.3) is 0 Å². The lowest BCUT2D eigenvalue weighted by atomic mass is 9.94. The summed E-state index contributed by atoms with van der Waals surface area (Å²) in [6.07, 6.45) is 7.49. The van der Waals surface area contributed by atoms with Crippen LogP contribution in [-0.2, 0) is 5.41 Å². The van der Waals surface area contributed by atoms with Crippen LogP contribution in [-0.4, -0.2) is 18.1 Å². The number of halogens is 1. The number of hydrogen-bond donors (Lipinski definition) is 1. The number of amidine groups is 1. The first-order chi connectivity index (χ1) is 11.0. The molecule has 1 atom stereocenters. The summed E-state index contributed by atoms with van der Waals surface area (Å²) in [5, 5.41) is 4.46. The average molecular weight is 315 g/mol. The highest BCUT2D eigenvalue weighted by atomic mass is 19.1. The Morgan fingerprint density at radius 3 is 2.43 bits per heavy atom. The molecule has 0 spiro atoms. The van der Waals surface area contributed by atoms with Gasteiger partial charge in [-0.15, -0.1) is 0 Å². The molecule has 3 nitrogen and oxygen atoms in total. The molecule has 23 heavy (non-hydrogen) atoms. The molecule has 3 rings (SSSR count). The van der Waals surface area contributed by atoms with Crippen molar-refractivity contribution in [1.82, 2.24) is 5.43 Å². The van der Waals surface area contributed by atoms with Crippen molar-refractivity contribution in [2.24, 2.45) is 15.5 Å². The van der Waals surface area contributed by atoms with Crippen LogP contribution in [0.4, 0.5) is 4.39 Å². The van der Waals surface area contributed by atoms with Gasteiger partial charge < -0.3 is 0 Å². The Balaban J connectivity index is 1.83. The molecule has 2 saturated carbocycles. The normalized spacial score (nSPS) is 22.9. The zero-order chi connectivity index (χ0) is 16.5. The van der Waals surface area contributed by atoms with E-state index in [1.165, 1.54) is 25.0 Å². The summed E-state index contributed by atoms with van der Waals surface area (Å²) in [5.74, 6) is 0.733. The fourth-order valence-electron chi connectivity index (χ4n) is 2.70. The summed E-state index contributed by atoms with van der Waals surface area (Å²) in [5.41, 5.74) is 4.50. The van der Waals surface area contributed by atoms with E-state index in [0.717, 1.165) is 30.7 Å². The number of aliphatic imine (C=N–C) groups is 1. The molecule has 0 aliphatic heterocycles. The van der Waals surface area contributed by atoms with Crippen molar-refractivity contribution in [3.63, 3.8) is 0 Å². The largest absolute Gasteiger partial charge is 0.267 e. The first-order valence-electron chi connectivity index (χ1n) is 8.62. The monoisotopic (exact) mass is 315 g/mol. The highest BCUT2D eigenvalue weighted by molar-refractivity contribution is 5.96. The Bertz CT molecular complexity index is 610. The van der Waals surface area contributed by atoms with Crippen LogP contribution in [0.2, 0.25) is 0 Å². The predicted molar refractivity (Wildman–Crippen MR) is 93.5 cm³/mol. The van der Waals surface area contributed by atoms with Crippen LogP contribution >= 0.6 is 0 Å². The van der Waals surface area contributed by atoms with E-state index in [-0.39, 0.29) is 22.7 Å². The average Bonchev–Trinajstić information content (AvgIpc) is 3.45. The number of nitrogens with zero attached hydrogens (tertiary/aromatic N) is 2. The molecule has 0 saturated heterocycles. The number of rotatable bonds is 6. The maximum Gasteiger partial charge on any atom is 0.128 e. The number of benzene rings is 1. The SMILES string of the molecule is CCC(C)N=C(N/N=C/C1(C)CC1)C1(c2ccc(F)cc2)CC1. The van der Waals surface area contributed by atoms with Gasteiger partial charge in [-0.05, 0) is 56.7 Å². The van der Waals surface area contributed by atoms with Crippen LogP contribution in [0.3, 0.4) is 0 Å². The second-order valence-corrected chi connectivity index (χ2v) is 7.35. The van der Waals surface area contributed by atoms with Crippen LogP contribution in [0.15, 0.2) is 34.4 Å². The lowest BCUT2D eigenvalue weighted by Crippen LogP contribution is -2.33. The molecular formula is C19H26FN3. The molecule has 1 unspecified atom stereocenters. The minimum absolute atomic E-state index is 0.112. The van der Waals surface area contributed by atoms with Crippen molar-refractivity contribution in [3.05, 3.63) is 35.6 Å². The molecular weight excluding hydrogens is 289 g/mol. The standard InChI is InChI=1S/C19H26FN3/c1-4-14(2)22-17(23-21-13-18(3)9-10-18)19(11-12-19)15-5-7-16(20)8-6-15/h5-8,13-14H,4,9-12H2,1-3H3,(H,22,23)/b21-13+. The Hall–Kier alpha value is -1.71. The smallest absolute Gasteiger partial charge is 0.128 e. The van der Waals surface area contributed by atoms with Crippen molar-refractivity contribution in [1.29, 1.82) is 0 Å². The van der Waals surface area contributed by atoms with Crippen LogP contribution in [0.1, 0.15) is 58.4 Å². The summed E-state index contributed by atoms with van der Waals surface area (Å²) >= 11 is 0. The van der Waals surface area contributed by atoms with E-state index in [1.54, 1.807) is 0 Å². The third kappa shape index (κ3) is 3.62. The second-order valence-electron chi connectivity index (χ2n) is 7.35. The molecule has 2 fully saturated rings. The molecule has 2 aliphatic carbocycles. The van der Waals surface area contributed by atoms with Gasteiger partial charge in [-0.2, -0.15) is 5.10 Å². The minimum Gasteiger partial charge on any atom is -0.267 e. The van der Waals surface area contributed by atoms with E-state index in [9.17, 15) is 4.39 Å². The van der Waals surface area contributed by atoms with Crippen molar-refractivity contribution in [3.8, 4) is 0 Å². The van der Waals surface area contributed by atoms with Crippen LogP contribution in [0, 0.1) is 11.2 Å². The van der Waals surface area contributed by atoms with Gasteiger partial charge in [0.25, 0.3) is 0 Å². The molecule has 0 bridgehead atoms. The van der Waals surface area contributed by atoms with Gasteiger partial charge in [0.05, 0.1) is 5.41 Å². The Kier molecular flexibility index (Phi) is 4.26. The number of hydrogen-bond acceptors (Lipinski definition) is 2. The second kappa shape index (κ2) is 6.06. The first kappa shape index (κ1) is 16.2. The first-order valence-corrected chi connectivity index (χ1v) is 8.62. The van der Waals surface area contributed by atoms with Crippen molar-refractivity contribution >= 4 is 12.1 Å². The molecule has 1 aromatic rings. The third-order valence-corrected chi connectivity index (χ3v) is 5.13. The zero-order valence-corrected chi connectivity index (χ0v) is 14.3. The number of hydrazone groups is 1. The van der Waals surface area contributed by atoms with Gasteiger partial charge in [0, 0.05) is 17.7 Å². The van der Waals surface area contributed by atoms with E-state index in [4.69, 9.17) is 4.99 Å². The topological polar surface area (TPSA) is 36.8 Å². The lowest BCUT2D eigenvalue weighted by molar-refractivity contribution is 0.626. The van der Waals surface area contributed by atoms with E-state index in [1.807, 2.05) is 18.3 Å². The number of nitrogens with one attached hydrogen (secondary N) is 1. The maximum atomic E-state index is 13.2. The fourth-order valence-corrected chi connectivity index (χ4v) is 2.70. The van der Waals surface area contributed by atoms with Gasteiger partial charge in [-0.1, -0.05) is 26.0 Å². The van der Waals surface area contributed by atoms with Gasteiger partial charge in [0.15, 0.2) is 0 Å². The molecule has 1 aromatic carbocycles. The zero-order valence-electron chi connectivity index (χ0n) is 14.3. The Morgan fingerprint density at radius 1 is 1.26 bits per heavy atom. The summed E-state index contributed by atoms with van der Waals surface area (Å²) in [6, 6.07) is 7.07. The van der Waals surface area contributed by atoms with E-state index in [0.29, 0.717) is 0 Å². The van der Waals surface area contributed by atoms with E-state index in [2.05, 4.69) is 31.3 Å². The Labute approximate surface area is 138 Å².